The number of ketones is 1. The quantitative estimate of drug-likeness (QED) is 0.638. The van der Waals surface area contributed by atoms with Crippen molar-refractivity contribution in [2.45, 2.75) is 46.1 Å². The second-order valence-electron chi connectivity index (χ2n) is 7.68. The molecule has 1 aromatic carbocycles. The molecular weight excluding hydrogens is 372 g/mol. The highest BCUT2D eigenvalue weighted by Crippen LogP contribution is 2.09. The maximum atomic E-state index is 13.1. The number of morpholine rings is 1. The van der Waals surface area contributed by atoms with Gasteiger partial charge in [-0.1, -0.05) is 30.3 Å². The van der Waals surface area contributed by atoms with Crippen molar-refractivity contribution in [1.29, 1.82) is 0 Å². The number of nitrogens with two attached hydrogens (primary N) is 1. The van der Waals surface area contributed by atoms with Crippen molar-refractivity contribution >= 4 is 11.6 Å². The molecule has 1 aliphatic heterocycles. The smallest absolute Gasteiger partial charge is 0.332 e. The summed E-state index contributed by atoms with van der Waals surface area (Å²) in [6.45, 7) is 7.53. The molecule has 1 aromatic heterocycles. The maximum Gasteiger partial charge on any atom is 0.332 e. The van der Waals surface area contributed by atoms with Gasteiger partial charge in [0.15, 0.2) is 0 Å². The van der Waals surface area contributed by atoms with Gasteiger partial charge in [0.1, 0.15) is 43.2 Å². The molecule has 1 saturated heterocycles. The van der Waals surface area contributed by atoms with Gasteiger partial charge in [-0.3, -0.25) is 18.7 Å². The van der Waals surface area contributed by atoms with Crippen molar-refractivity contribution in [3.63, 3.8) is 0 Å². The number of hydrogen-bond donors (Lipinski definition) is 2. The van der Waals surface area contributed by atoms with E-state index >= 15 is 0 Å². The van der Waals surface area contributed by atoms with Gasteiger partial charge < -0.3 is 15.4 Å². The summed E-state index contributed by atoms with van der Waals surface area (Å²) in [5, 5.41) is 0. The summed E-state index contributed by atoms with van der Waals surface area (Å²) < 4.78 is 8.11. The summed E-state index contributed by atoms with van der Waals surface area (Å²) in [7, 11) is 0. The average Bonchev–Trinajstić information content (AvgIpc) is 2.65. The molecule has 8 nitrogen and oxygen atoms in total. The Labute approximate surface area is 169 Å². The van der Waals surface area contributed by atoms with Gasteiger partial charge >= 0.3 is 5.69 Å². The molecule has 0 amide bonds. The van der Waals surface area contributed by atoms with Crippen LogP contribution in [0.5, 0.6) is 0 Å². The Hall–Kier alpha value is -2.71. The van der Waals surface area contributed by atoms with Gasteiger partial charge in [0.05, 0.1) is 6.54 Å². The predicted octanol–water partition coefficient (Wildman–Crippen LogP) is -0.465. The minimum atomic E-state index is -0.613. The maximum absolute atomic E-state index is 13.1. The zero-order valence-corrected chi connectivity index (χ0v) is 17.2. The molecule has 3 rings (SSSR count). The van der Waals surface area contributed by atoms with Crippen LogP contribution < -0.4 is 21.9 Å². The van der Waals surface area contributed by atoms with E-state index in [9.17, 15) is 14.4 Å². The van der Waals surface area contributed by atoms with Gasteiger partial charge in [0, 0.05) is 6.54 Å². The van der Waals surface area contributed by atoms with Crippen LogP contribution in [0.3, 0.4) is 0 Å². The molecule has 1 aliphatic rings. The third kappa shape index (κ3) is 4.49. The Bertz CT molecular complexity index is 986. The fourth-order valence-corrected chi connectivity index (χ4v) is 4.02. The molecule has 1 fully saturated rings. The topological polar surface area (TPSA) is 101 Å². The van der Waals surface area contributed by atoms with Gasteiger partial charge in [-0.05, 0) is 26.3 Å². The zero-order chi connectivity index (χ0) is 21.1. The second kappa shape index (κ2) is 8.75. The molecule has 0 bridgehead atoms. The van der Waals surface area contributed by atoms with Gasteiger partial charge in [-0.15, -0.1) is 0 Å². The van der Waals surface area contributed by atoms with Gasteiger partial charge in [0.25, 0.3) is 5.56 Å². The number of Topliss-reactive ketones (excluding diaryl/α,β-unsaturated/α-hetero) is 1. The molecular formula is C21H29N4O4+. The molecule has 0 radical (unpaired) electrons. The molecule has 29 heavy (non-hydrogen) atoms. The van der Waals surface area contributed by atoms with Crippen molar-refractivity contribution in [2.75, 3.05) is 25.4 Å². The van der Waals surface area contributed by atoms with E-state index in [1.165, 1.54) is 4.57 Å². The number of quaternary nitrogens is 1. The third-order valence-corrected chi connectivity index (χ3v) is 5.27. The Morgan fingerprint density at radius 1 is 1.14 bits per heavy atom. The Morgan fingerprint density at radius 3 is 2.34 bits per heavy atom. The number of carbonyl (C=O) groups is 1. The number of ether oxygens (including phenoxy) is 1. The minimum absolute atomic E-state index is 0.0400. The van der Waals surface area contributed by atoms with Gasteiger partial charge in [-0.25, -0.2) is 4.79 Å². The molecule has 3 N–H and O–H groups in total. The van der Waals surface area contributed by atoms with E-state index in [1.54, 1.807) is 6.92 Å². The summed E-state index contributed by atoms with van der Waals surface area (Å²) in [6.07, 6.45) is 0.0801. The molecule has 2 aromatic rings. The number of nitrogen functional groups attached to an aromatic ring is 1. The van der Waals surface area contributed by atoms with Crippen LogP contribution in [0.4, 0.5) is 5.82 Å². The molecule has 8 heteroatoms. The molecule has 0 spiro atoms. The van der Waals surface area contributed by atoms with Crippen LogP contribution in [-0.2, 0) is 17.8 Å². The van der Waals surface area contributed by atoms with E-state index in [-0.39, 0.29) is 49.0 Å². The number of nitrogens with zero attached hydrogens (tertiary/aromatic N) is 2. The molecule has 0 aliphatic carbocycles. The number of nitrogens with one attached hydrogen (secondary N) is 1. The summed E-state index contributed by atoms with van der Waals surface area (Å²) in [4.78, 5) is 39.8. The van der Waals surface area contributed by atoms with Crippen molar-refractivity contribution in [3.05, 3.63) is 62.3 Å². The standard InChI is InChI=1S/C21H28N4O4/c1-4-24-20(27)18(17(26)13-23-10-14(2)29-15(3)11-23)19(22)25(21(24)28)12-16-8-6-5-7-9-16/h5-9,14-15H,4,10-13,22H2,1-3H3/p+1/t14-,15-/m1/s1. The lowest BCUT2D eigenvalue weighted by Crippen LogP contribution is -3.16. The van der Waals surface area contributed by atoms with Crippen LogP contribution in [0.2, 0.25) is 0 Å². The van der Waals surface area contributed by atoms with Crippen LogP contribution in [-0.4, -0.2) is 46.8 Å². The number of rotatable bonds is 6. The van der Waals surface area contributed by atoms with Crippen LogP contribution in [0.1, 0.15) is 36.7 Å². The fraction of sp³-hybridized carbons (Fsp3) is 0.476. The van der Waals surface area contributed by atoms with E-state index in [1.807, 2.05) is 44.2 Å². The highest BCUT2D eigenvalue weighted by Gasteiger charge is 2.30. The third-order valence-electron chi connectivity index (χ3n) is 5.27. The van der Waals surface area contributed by atoms with E-state index in [0.717, 1.165) is 15.0 Å². The van der Waals surface area contributed by atoms with Crippen LogP contribution in [0.25, 0.3) is 0 Å². The second-order valence-corrected chi connectivity index (χ2v) is 7.68. The highest BCUT2D eigenvalue weighted by atomic mass is 16.5. The van der Waals surface area contributed by atoms with E-state index in [2.05, 4.69) is 0 Å². The van der Waals surface area contributed by atoms with E-state index < -0.39 is 11.2 Å². The molecule has 2 atom stereocenters. The normalized spacial score (nSPS) is 21.8. The van der Waals surface area contributed by atoms with Crippen molar-refractivity contribution < 1.29 is 14.4 Å². The van der Waals surface area contributed by atoms with Crippen molar-refractivity contribution in [3.8, 4) is 0 Å². The Balaban J connectivity index is 1.99. The predicted molar refractivity (Wildman–Crippen MR) is 110 cm³/mol. The number of benzene rings is 1. The van der Waals surface area contributed by atoms with Crippen molar-refractivity contribution in [2.24, 2.45) is 0 Å². The fourth-order valence-electron chi connectivity index (χ4n) is 4.02. The number of carbonyl (C=O) groups excluding carboxylic acids is 1. The molecule has 2 heterocycles. The summed E-state index contributed by atoms with van der Waals surface area (Å²) in [5.74, 6) is -0.403. The SMILES string of the molecule is CCn1c(=O)c(C(=O)C[NH+]2C[C@@H](C)O[C@H](C)C2)c(N)n(Cc2ccccc2)c1=O. The van der Waals surface area contributed by atoms with Gasteiger partial charge in [0.2, 0.25) is 5.78 Å². The number of aromatic nitrogens is 2. The van der Waals surface area contributed by atoms with Gasteiger partial charge in [-0.2, -0.15) is 0 Å². The summed E-state index contributed by atoms with van der Waals surface area (Å²) >= 11 is 0. The largest absolute Gasteiger partial charge is 0.384 e. The monoisotopic (exact) mass is 401 g/mol. The molecule has 0 unspecified atom stereocenters. The first kappa shape index (κ1) is 21.0. The summed E-state index contributed by atoms with van der Waals surface area (Å²) in [5.41, 5.74) is 5.86. The highest BCUT2D eigenvalue weighted by molar-refractivity contribution is 6.00. The average molecular weight is 401 g/mol. The minimum Gasteiger partial charge on any atom is -0.384 e. The molecule has 0 saturated carbocycles. The lowest BCUT2D eigenvalue weighted by Gasteiger charge is -2.32. The first-order valence-corrected chi connectivity index (χ1v) is 10.0. The van der Waals surface area contributed by atoms with Crippen LogP contribution in [0, 0.1) is 0 Å². The van der Waals surface area contributed by atoms with Crippen LogP contribution in [0.15, 0.2) is 39.9 Å². The van der Waals surface area contributed by atoms with E-state index in [0.29, 0.717) is 13.1 Å². The molecule has 156 valence electrons. The lowest BCUT2D eigenvalue weighted by molar-refractivity contribution is -0.906. The van der Waals surface area contributed by atoms with Crippen molar-refractivity contribution in [1.82, 2.24) is 9.13 Å². The lowest BCUT2D eigenvalue weighted by atomic mass is 10.1. The van der Waals surface area contributed by atoms with Crippen LogP contribution >= 0.6 is 0 Å². The first-order chi connectivity index (χ1) is 13.8. The zero-order valence-electron chi connectivity index (χ0n) is 17.2. The summed E-state index contributed by atoms with van der Waals surface area (Å²) in [6, 6.07) is 9.35. The Kier molecular flexibility index (Phi) is 6.34. The number of anilines is 1. The van der Waals surface area contributed by atoms with E-state index in [4.69, 9.17) is 10.5 Å². The first-order valence-electron chi connectivity index (χ1n) is 10.0. The number of hydrogen-bond acceptors (Lipinski definition) is 5. The Morgan fingerprint density at radius 2 is 1.76 bits per heavy atom.